The second-order valence-electron chi connectivity index (χ2n) is 9.62. The number of fused-ring (bicyclic) bond motifs is 1. The SMILES string of the molecule is Cc1c[nH]c2ncnc(N3CCC(CN)(C(=O)Nc4cccc(OC(=O)N(C)C)c4)CC3)c12.O=C(O)C=CC(=O)O. The molecule has 0 aliphatic carbocycles. The maximum atomic E-state index is 13.3. The summed E-state index contributed by atoms with van der Waals surface area (Å²) >= 11 is 0. The van der Waals surface area contributed by atoms with Crippen molar-refractivity contribution in [2.45, 2.75) is 19.8 Å². The van der Waals surface area contributed by atoms with E-state index in [1.165, 1.54) is 4.90 Å². The number of aromatic nitrogens is 3. The van der Waals surface area contributed by atoms with Gasteiger partial charge in [0.15, 0.2) is 0 Å². The number of amides is 2. The number of H-pyrrole nitrogens is 1. The third-order valence-electron chi connectivity index (χ3n) is 6.57. The monoisotopic (exact) mass is 567 g/mol. The van der Waals surface area contributed by atoms with Crippen LogP contribution in [0.25, 0.3) is 11.0 Å². The molecule has 0 bridgehead atoms. The van der Waals surface area contributed by atoms with E-state index in [0.717, 1.165) is 22.4 Å². The van der Waals surface area contributed by atoms with Gasteiger partial charge in [0.25, 0.3) is 0 Å². The summed E-state index contributed by atoms with van der Waals surface area (Å²) < 4.78 is 5.29. The second kappa shape index (κ2) is 13.4. The van der Waals surface area contributed by atoms with Gasteiger partial charge in [0.05, 0.1) is 10.8 Å². The summed E-state index contributed by atoms with van der Waals surface area (Å²) in [7, 11) is 3.21. The number of nitrogens with two attached hydrogens (primary N) is 1. The third-order valence-corrected chi connectivity index (χ3v) is 6.57. The summed E-state index contributed by atoms with van der Waals surface area (Å²) in [4.78, 5) is 59.7. The van der Waals surface area contributed by atoms with Crippen molar-refractivity contribution in [3.8, 4) is 5.75 Å². The minimum atomic E-state index is -1.26. The number of carbonyl (C=O) groups excluding carboxylic acids is 2. The van der Waals surface area contributed by atoms with E-state index in [1.807, 2.05) is 13.1 Å². The van der Waals surface area contributed by atoms with Crippen LogP contribution in [0.3, 0.4) is 0 Å². The Bertz CT molecular complexity index is 1430. The van der Waals surface area contributed by atoms with Gasteiger partial charge in [-0.1, -0.05) is 6.07 Å². The van der Waals surface area contributed by atoms with Crippen LogP contribution in [0.5, 0.6) is 5.75 Å². The lowest BCUT2D eigenvalue weighted by atomic mass is 9.77. The minimum Gasteiger partial charge on any atom is -0.478 e. The Morgan fingerprint density at radius 2 is 1.80 bits per heavy atom. The highest BCUT2D eigenvalue weighted by atomic mass is 16.6. The smallest absolute Gasteiger partial charge is 0.414 e. The molecule has 1 aliphatic rings. The Kier molecular flexibility index (Phi) is 9.98. The third kappa shape index (κ3) is 7.79. The van der Waals surface area contributed by atoms with Crippen LogP contribution in [0.2, 0.25) is 0 Å². The zero-order valence-corrected chi connectivity index (χ0v) is 23.0. The number of hydrogen-bond acceptors (Lipinski definition) is 9. The van der Waals surface area contributed by atoms with Crippen LogP contribution < -0.4 is 20.7 Å². The first kappa shape index (κ1) is 30.6. The number of ether oxygens (including phenoxy) is 1. The molecule has 1 aliphatic heterocycles. The molecule has 0 radical (unpaired) electrons. The number of anilines is 2. The quantitative estimate of drug-likeness (QED) is 0.262. The van der Waals surface area contributed by atoms with Crippen molar-refractivity contribution in [3.05, 3.63) is 54.5 Å². The molecule has 0 spiro atoms. The fourth-order valence-electron chi connectivity index (χ4n) is 4.24. The number of nitrogens with one attached hydrogen (secondary N) is 2. The standard InChI is InChI=1S/C23H29N7O3.C4H4O4/c1-15-12-25-19-18(15)20(27-14-26-19)30-9-7-23(13-24,8-10-30)21(31)28-16-5-4-6-17(11-16)33-22(32)29(2)3;5-3(6)1-2-4(7)8/h4-6,11-12,14H,7-10,13,24H2,1-3H3,(H,28,31)(H,25,26,27);1-2H,(H,5,6)(H,7,8). The lowest BCUT2D eigenvalue weighted by molar-refractivity contribution is -0.134. The molecule has 0 saturated carbocycles. The molecule has 2 amide bonds. The normalized spacial score (nSPS) is 14.2. The van der Waals surface area contributed by atoms with Crippen LogP contribution in [0.4, 0.5) is 16.3 Å². The first-order chi connectivity index (χ1) is 19.5. The van der Waals surface area contributed by atoms with E-state index < -0.39 is 23.4 Å². The number of piperidine rings is 1. The van der Waals surface area contributed by atoms with Crippen molar-refractivity contribution in [2.75, 3.05) is 43.9 Å². The van der Waals surface area contributed by atoms with Gasteiger partial charge >= 0.3 is 18.0 Å². The number of nitrogens with zero attached hydrogens (tertiary/aromatic N) is 4. The number of carboxylic acid groups (broad SMARTS) is 2. The fraction of sp³-hybridized carbons (Fsp3) is 0.333. The zero-order valence-electron chi connectivity index (χ0n) is 23.0. The van der Waals surface area contributed by atoms with Crippen molar-refractivity contribution in [1.29, 1.82) is 0 Å². The van der Waals surface area contributed by atoms with E-state index in [2.05, 4.69) is 25.2 Å². The van der Waals surface area contributed by atoms with E-state index >= 15 is 0 Å². The Hall–Kier alpha value is -4.98. The van der Waals surface area contributed by atoms with Gasteiger partial charge in [-0.2, -0.15) is 0 Å². The highest BCUT2D eigenvalue weighted by molar-refractivity contribution is 5.96. The van der Waals surface area contributed by atoms with Gasteiger partial charge in [0.2, 0.25) is 5.91 Å². The van der Waals surface area contributed by atoms with Crippen molar-refractivity contribution in [1.82, 2.24) is 19.9 Å². The largest absolute Gasteiger partial charge is 0.478 e. The maximum absolute atomic E-state index is 13.3. The molecule has 2 aromatic heterocycles. The maximum Gasteiger partial charge on any atom is 0.414 e. The number of aliphatic carboxylic acids is 2. The molecule has 3 aromatic rings. The van der Waals surface area contributed by atoms with Crippen LogP contribution in [0.1, 0.15) is 18.4 Å². The molecule has 41 heavy (non-hydrogen) atoms. The molecule has 1 saturated heterocycles. The molecule has 0 unspecified atom stereocenters. The number of carboxylic acids is 2. The second-order valence-corrected chi connectivity index (χ2v) is 9.62. The van der Waals surface area contributed by atoms with Gasteiger partial charge in [-0.3, -0.25) is 4.79 Å². The zero-order chi connectivity index (χ0) is 30.2. The average Bonchev–Trinajstić information content (AvgIpc) is 3.33. The van der Waals surface area contributed by atoms with Gasteiger partial charge in [0, 0.05) is 63.8 Å². The van der Waals surface area contributed by atoms with Crippen LogP contribution in [0.15, 0.2) is 48.9 Å². The molecule has 14 heteroatoms. The lowest BCUT2D eigenvalue weighted by Crippen LogP contribution is -2.50. The van der Waals surface area contributed by atoms with Crippen LogP contribution in [-0.2, 0) is 14.4 Å². The van der Waals surface area contributed by atoms with E-state index in [-0.39, 0.29) is 12.5 Å². The van der Waals surface area contributed by atoms with Crippen molar-refractivity contribution < 1.29 is 34.1 Å². The van der Waals surface area contributed by atoms with Crippen molar-refractivity contribution >= 4 is 46.5 Å². The van der Waals surface area contributed by atoms with E-state index in [9.17, 15) is 19.2 Å². The molecule has 6 N–H and O–H groups in total. The van der Waals surface area contributed by atoms with E-state index in [4.69, 9.17) is 20.7 Å². The molecule has 1 fully saturated rings. The van der Waals surface area contributed by atoms with Crippen molar-refractivity contribution in [3.63, 3.8) is 0 Å². The number of aryl methyl sites for hydroxylation is 1. The molecule has 1 aromatic carbocycles. The molecule has 4 rings (SSSR count). The van der Waals surface area contributed by atoms with E-state index in [1.54, 1.807) is 44.7 Å². The summed E-state index contributed by atoms with van der Waals surface area (Å²) in [5.41, 5.74) is 7.88. The highest BCUT2D eigenvalue weighted by Crippen LogP contribution is 2.36. The minimum absolute atomic E-state index is 0.133. The summed E-state index contributed by atoms with van der Waals surface area (Å²) in [6.45, 7) is 3.57. The molecular weight excluding hydrogens is 534 g/mol. The Labute approximate surface area is 235 Å². The number of carbonyl (C=O) groups is 4. The van der Waals surface area contributed by atoms with E-state index in [0.29, 0.717) is 49.5 Å². The first-order valence-electron chi connectivity index (χ1n) is 12.6. The van der Waals surface area contributed by atoms with Gasteiger partial charge < -0.3 is 40.8 Å². The highest BCUT2D eigenvalue weighted by Gasteiger charge is 2.41. The number of rotatable bonds is 7. The van der Waals surface area contributed by atoms with Gasteiger partial charge in [-0.05, 0) is 37.5 Å². The van der Waals surface area contributed by atoms with Crippen LogP contribution >= 0.6 is 0 Å². The van der Waals surface area contributed by atoms with Crippen molar-refractivity contribution in [2.24, 2.45) is 11.1 Å². The molecule has 0 atom stereocenters. The van der Waals surface area contributed by atoms with Crippen LogP contribution in [-0.4, -0.2) is 87.7 Å². The summed E-state index contributed by atoms with van der Waals surface area (Å²) in [5.74, 6) is -1.41. The average molecular weight is 568 g/mol. The summed E-state index contributed by atoms with van der Waals surface area (Å²) in [5, 5.41) is 19.6. The molecule has 14 nitrogen and oxygen atoms in total. The number of aromatic amines is 1. The van der Waals surface area contributed by atoms with Gasteiger partial charge in [-0.25, -0.2) is 24.4 Å². The Balaban J connectivity index is 0.000000507. The number of hydrogen-bond donors (Lipinski definition) is 5. The lowest BCUT2D eigenvalue weighted by Gasteiger charge is -2.40. The Morgan fingerprint density at radius 1 is 1.15 bits per heavy atom. The first-order valence-corrected chi connectivity index (χ1v) is 12.6. The predicted molar refractivity (Wildman–Crippen MR) is 151 cm³/mol. The fourth-order valence-corrected chi connectivity index (χ4v) is 4.24. The Morgan fingerprint density at radius 3 is 2.39 bits per heavy atom. The summed E-state index contributed by atoms with van der Waals surface area (Å²) in [6.07, 6.45) is 5.31. The van der Waals surface area contributed by atoms with Gasteiger partial charge in [0.1, 0.15) is 23.5 Å². The summed E-state index contributed by atoms with van der Waals surface area (Å²) in [6, 6.07) is 6.78. The molecule has 218 valence electrons. The molecule has 3 heterocycles. The number of benzene rings is 1. The topological polar surface area (TPSA) is 204 Å². The van der Waals surface area contributed by atoms with Gasteiger partial charge in [-0.15, -0.1) is 0 Å². The predicted octanol–water partition coefficient (Wildman–Crippen LogP) is 2.22. The van der Waals surface area contributed by atoms with Crippen LogP contribution in [0, 0.1) is 12.3 Å². The molecular formula is C27H33N7O7.